The minimum Gasteiger partial charge on any atom is -0.546 e. The number of rotatable bonds is 3. The number of benzene rings is 1. The quantitative estimate of drug-likeness (QED) is 0.832. The Hall–Kier alpha value is -1.01. The maximum absolute atomic E-state index is 10.0. The fourth-order valence-corrected chi connectivity index (χ4v) is 1.77. The van der Waals surface area contributed by atoms with Crippen molar-refractivity contribution in [3.8, 4) is 5.75 Å². The van der Waals surface area contributed by atoms with Gasteiger partial charge in [-0.15, -0.1) is 0 Å². The van der Waals surface area contributed by atoms with Gasteiger partial charge >= 0.3 is 0 Å². The van der Waals surface area contributed by atoms with Gasteiger partial charge in [-0.2, -0.15) is 0 Å². The van der Waals surface area contributed by atoms with Crippen molar-refractivity contribution in [1.82, 2.24) is 0 Å². The van der Waals surface area contributed by atoms with E-state index in [1.807, 2.05) is 0 Å². The van der Waals surface area contributed by atoms with Crippen LogP contribution < -0.4 is 15.2 Å². The van der Waals surface area contributed by atoms with Crippen LogP contribution in [0.3, 0.4) is 0 Å². The Morgan fingerprint density at radius 2 is 2.05 bits per heavy atom. The molecule has 106 valence electrons. The largest absolute Gasteiger partial charge is 0.546 e. The zero-order valence-corrected chi connectivity index (χ0v) is 11.7. The first kappa shape index (κ1) is 16.0. The van der Waals surface area contributed by atoms with Gasteiger partial charge < -0.3 is 24.7 Å². The van der Waals surface area contributed by atoms with Crippen LogP contribution in [0.15, 0.2) is 18.2 Å². The van der Waals surface area contributed by atoms with E-state index >= 15 is 0 Å². The lowest BCUT2D eigenvalue weighted by Gasteiger charge is -2.07. The van der Waals surface area contributed by atoms with Gasteiger partial charge in [0.1, 0.15) is 12.4 Å². The molecule has 2 N–H and O–H groups in total. The van der Waals surface area contributed by atoms with Crippen LogP contribution in [0.2, 0.25) is 10.0 Å². The number of carbonyl (C=O) groups is 1. The SMILES string of the molecule is C1COCC[NH2+]1.O=C([O-])COc1ccc(Cl)cc1Cl. The number of hydrogen-bond acceptors (Lipinski definition) is 4. The number of quaternary nitrogens is 1. The van der Waals surface area contributed by atoms with Gasteiger partial charge in [0, 0.05) is 5.02 Å². The summed E-state index contributed by atoms with van der Waals surface area (Å²) in [6, 6.07) is 4.51. The molecule has 1 aliphatic heterocycles. The van der Waals surface area contributed by atoms with Crippen molar-refractivity contribution in [1.29, 1.82) is 0 Å². The van der Waals surface area contributed by atoms with Crippen molar-refractivity contribution in [2.45, 2.75) is 0 Å². The zero-order chi connectivity index (χ0) is 14.1. The van der Waals surface area contributed by atoms with Gasteiger partial charge in [-0.05, 0) is 18.2 Å². The van der Waals surface area contributed by atoms with Crippen LogP contribution in [0, 0.1) is 0 Å². The fourth-order valence-electron chi connectivity index (χ4n) is 1.31. The van der Waals surface area contributed by atoms with E-state index < -0.39 is 12.6 Å². The Labute approximate surface area is 121 Å². The second-order valence-corrected chi connectivity index (χ2v) is 4.56. The summed E-state index contributed by atoms with van der Waals surface area (Å²) in [6.45, 7) is 3.67. The minimum atomic E-state index is -1.30. The normalized spacial score (nSPS) is 14.2. The molecule has 1 aliphatic rings. The van der Waals surface area contributed by atoms with Crippen LogP contribution in [0.25, 0.3) is 0 Å². The molecule has 0 radical (unpaired) electrons. The first-order valence-corrected chi connectivity index (χ1v) is 6.52. The Morgan fingerprint density at radius 1 is 1.37 bits per heavy atom. The third-order valence-corrected chi connectivity index (χ3v) is 2.70. The lowest BCUT2D eigenvalue weighted by Crippen LogP contribution is -2.87. The molecule has 1 fully saturated rings. The summed E-state index contributed by atoms with van der Waals surface area (Å²) in [5, 5.41) is 13.0. The van der Waals surface area contributed by atoms with E-state index in [1.165, 1.54) is 12.1 Å². The second kappa shape index (κ2) is 8.98. The molecule has 7 heteroatoms. The number of carboxylic acids is 1. The molecule has 0 amide bonds. The van der Waals surface area contributed by atoms with Crippen molar-refractivity contribution in [3.05, 3.63) is 28.2 Å². The lowest BCUT2D eigenvalue weighted by molar-refractivity contribution is -0.670. The Balaban J connectivity index is 0.000000250. The molecule has 1 saturated heterocycles. The van der Waals surface area contributed by atoms with Crippen molar-refractivity contribution in [2.75, 3.05) is 32.9 Å². The number of carbonyl (C=O) groups excluding carboxylic acids is 1. The standard InChI is InChI=1S/C8H6Cl2O3.C4H9NO/c9-5-1-2-7(6(10)3-5)13-4-8(11)12;1-3-6-4-2-5-1/h1-3H,4H2,(H,11,12);5H,1-4H2. The Bertz CT molecular complexity index is 399. The molecule has 2 rings (SSSR count). The number of morpholine rings is 1. The van der Waals surface area contributed by atoms with Crippen molar-refractivity contribution < 1.29 is 24.7 Å². The smallest absolute Gasteiger partial charge is 0.138 e. The van der Waals surface area contributed by atoms with E-state index in [4.69, 9.17) is 32.7 Å². The number of nitrogens with two attached hydrogens (primary N) is 1. The highest BCUT2D eigenvalue weighted by Gasteiger charge is 2.01. The van der Waals surface area contributed by atoms with Crippen molar-refractivity contribution >= 4 is 29.2 Å². The third kappa shape index (κ3) is 7.22. The number of halogens is 2. The average Bonchev–Trinajstić information content (AvgIpc) is 2.40. The molecule has 0 aromatic heterocycles. The highest BCUT2D eigenvalue weighted by atomic mass is 35.5. The monoisotopic (exact) mass is 307 g/mol. The van der Waals surface area contributed by atoms with Crippen LogP contribution in [0.1, 0.15) is 0 Å². The summed E-state index contributed by atoms with van der Waals surface area (Å²) in [5.41, 5.74) is 0. The first-order chi connectivity index (χ1) is 9.09. The molecule has 0 bridgehead atoms. The maximum Gasteiger partial charge on any atom is 0.138 e. The van der Waals surface area contributed by atoms with E-state index in [2.05, 4.69) is 5.32 Å². The third-order valence-electron chi connectivity index (χ3n) is 2.17. The van der Waals surface area contributed by atoms with Crippen molar-refractivity contribution in [3.63, 3.8) is 0 Å². The van der Waals surface area contributed by atoms with Gasteiger partial charge in [0.2, 0.25) is 0 Å². The number of carboxylic acid groups (broad SMARTS) is 1. The molecule has 0 aliphatic carbocycles. The molecule has 19 heavy (non-hydrogen) atoms. The van der Waals surface area contributed by atoms with Crippen LogP contribution in [0.5, 0.6) is 5.75 Å². The Morgan fingerprint density at radius 3 is 2.47 bits per heavy atom. The molecular formula is C12H15Cl2NO4. The van der Waals surface area contributed by atoms with E-state index in [0.717, 1.165) is 26.3 Å². The summed E-state index contributed by atoms with van der Waals surface area (Å²) >= 11 is 11.3. The molecule has 1 aromatic carbocycles. The summed E-state index contributed by atoms with van der Waals surface area (Å²) < 4.78 is 9.84. The molecule has 5 nitrogen and oxygen atoms in total. The van der Waals surface area contributed by atoms with E-state index in [0.29, 0.717) is 5.02 Å². The Kier molecular flexibility index (Phi) is 7.59. The molecule has 1 aromatic rings. The van der Waals surface area contributed by atoms with Gasteiger partial charge in [0.15, 0.2) is 0 Å². The molecule has 0 unspecified atom stereocenters. The van der Waals surface area contributed by atoms with Gasteiger partial charge in [0.25, 0.3) is 0 Å². The summed E-state index contributed by atoms with van der Waals surface area (Å²) in [5.74, 6) is -1.03. The average molecular weight is 308 g/mol. The van der Waals surface area contributed by atoms with Gasteiger partial charge in [-0.3, -0.25) is 0 Å². The second-order valence-electron chi connectivity index (χ2n) is 3.71. The van der Waals surface area contributed by atoms with Crippen LogP contribution in [-0.4, -0.2) is 38.9 Å². The first-order valence-electron chi connectivity index (χ1n) is 5.76. The van der Waals surface area contributed by atoms with E-state index in [1.54, 1.807) is 6.07 Å². The van der Waals surface area contributed by atoms with E-state index in [-0.39, 0.29) is 10.8 Å². The maximum atomic E-state index is 10.0. The minimum absolute atomic E-state index is 0.272. The zero-order valence-electron chi connectivity index (χ0n) is 10.2. The highest BCUT2D eigenvalue weighted by Crippen LogP contribution is 2.27. The molecule has 0 saturated carbocycles. The predicted octanol–water partition coefficient (Wildman–Crippen LogP) is -0.298. The summed E-state index contributed by atoms with van der Waals surface area (Å²) in [7, 11) is 0. The highest BCUT2D eigenvalue weighted by molar-refractivity contribution is 6.35. The van der Waals surface area contributed by atoms with E-state index in [9.17, 15) is 9.90 Å². The van der Waals surface area contributed by atoms with Gasteiger partial charge in [-0.1, -0.05) is 23.2 Å². The van der Waals surface area contributed by atoms with Crippen LogP contribution in [-0.2, 0) is 9.53 Å². The van der Waals surface area contributed by atoms with Crippen LogP contribution >= 0.6 is 23.2 Å². The molecule has 0 spiro atoms. The van der Waals surface area contributed by atoms with Crippen LogP contribution in [0.4, 0.5) is 0 Å². The molecule has 0 atom stereocenters. The lowest BCUT2D eigenvalue weighted by atomic mass is 10.3. The predicted molar refractivity (Wildman–Crippen MR) is 69.4 cm³/mol. The van der Waals surface area contributed by atoms with Crippen molar-refractivity contribution in [2.24, 2.45) is 0 Å². The fraction of sp³-hybridized carbons (Fsp3) is 0.417. The van der Waals surface area contributed by atoms with Gasteiger partial charge in [-0.25, -0.2) is 0 Å². The number of hydrogen-bond donors (Lipinski definition) is 1. The van der Waals surface area contributed by atoms with Gasteiger partial charge in [0.05, 0.1) is 37.3 Å². The number of aliphatic carboxylic acids is 1. The molecular weight excluding hydrogens is 293 g/mol. The topological polar surface area (TPSA) is 75.2 Å². The number of ether oxygens (including phenoxy) is 2. The summed E-state index contributed by atoms with van der Waals surface area (Å²) in [6.07, 6.45) is 0. The summed E-state index contributed by atoms with van der Waals surface area (Å²) in [4.78, 5) is 10.0. The molecule has 1 heterocycles.